The fraction of sp³-hybridized carbons (Fsp3) is 1.00. The fourth-order valence-corrected chi connectivity index (χ4v) is 1.44. The summed E-state index contributed by atoms with van der Waals surface area (Å²) in [4.78, 5) is 0. The smallest absolute Gasteiger partial charge is 0.116 e. The molecular weight excluding hydrogens is 171 g/mol. The molecule has 0 radical (unpaired) electrons. The van der Waals surface area contributed by atoms with Gasteiger partial charge in [-0.15, -0.1) is 12.2 Å². The molecule has 1 nitrogen and oxygen atoms in total. The Bertz CT molecular complexity index is 116. The van der Waals surface area contributed by atoms with Crippen LogP contribution in [0.3, 0.4) is 0 Å². The molecule has 0 aliphatic carbocycles. The summed E-state index contributed by atoms with van der Waals surface area (Å²) in [6, 6.07) is 0. The van der Waals surface area contributed by atoms with Crippen LogP contribution in [-0.4, -0.2) is 12.8 Å². The van der Waals surface area contributed by atoms with Gasteiger partial charge in [0.05, 0.1) is 6.61 Å². The van der Waals surface area contributed by atoms with E-state index in [1.807, 2.05) is 6.92 Å². The topological polar surface area (TPSA) is 9.23 Å². The molecule has 0 aliphatic rings. The second-order valence-corrected chi connectivity index (χ2v) is 8.47. The van der Waals surface area contributed by atoms with Crippen molar-refractivity contribution in [3.8, 4) is 0 Å². The molecule has 1 unspecified atom stereocenters. The summed E-state index contributed by atoms with van der Waals surface area (Å²) in [7, 11) is 0. The number of hydrogen-bond donors (Lipinski definition) is 1. The summed E-state index contributed by atoms with van der Waals surface area (Å²) < 4.78 is 5.32. The van der Waals surface area contributed by atoms with E-state index in [1.165, 1.54) is 0 Å². The monoisotopic (exact) mass is 184 g/mol. The minimum absolute atomic E-state index is 0.759. The van der Waals surface area contributed by atoms with Gasteiger partial charge in [0.1, 0.15) is 5.47 Å². The number of thiol groups is 1. The van der Waals surface area contributed by atoms with Crippen LogP contribution in [0.5, 0.6) is 0 Å². The highest BCUT2D eigenvalue weighted by molar-refractivity contribution is 8.61. The van der Waals surface area contributed by atoms with Crippen LogP contribution in [0.1, 0.15) is 20.3 Å². The lowest BCUT2D eigenvalue weighted by Crippen LogP contribution is -1.87. The third-order valence-corrected chi connectivity index (χ3v) is 4.57. The van der Waals surface area contributed by atoms with Crippen LogP contribution in [0.4, 0.5) is 0 Å². The molecule has 9 heavy (non-hydrogen) atoms. The third kappa shape index (κ3) is 5.41. The number of hydrogen-bond acceptors (Lipinski definition) is 2. The van der Waals surface area contributed by atoms with Gasteiger partial charge >= 0.3 is 0 Å². The minimum atomic E-state index is -1.66. The largest absolute Gasteiger partial charge is 0.342 e. The van der Waals surface area contributed by atoms with Gasteiger partial charge in [-0.2, -0.15) is 0 Å². The van der Waals surface area contributed by atoms with Crippen molar-refractivity contribution >= 4 is 29.5 Å². The quantitative estimate of drug-likeness (QED) is 0.531. The van der Waals surface area contributed by atoms with E-state index in [2.05, 4.69) is 19.2 Å². The predicted molar refractivity (Wildman–Crippen MR) is 50.1 cm³/mol. The van der Waals surface area contributed by atoms with Gasteiger partial charge in [0.2, 0.25) is 0 Å². The summed E-state index contributed by atoms with van der Waals surface area (Å²) in [6.45, 7) is 4.84. The van der Waals surface area contributed by atoms with Crippen LogP contribution >= 0.6 is 17.7 Å². The average molecular weight is 184 g/mol. The van der Waals surface area contributed by atoms with Crippen molar-refractivity contribution in [1.82, 2.24) is 0 Å². The van der Waals surface area contributed by atoms with Crippen molar-refractivity contribution in [2.45, 2.75) is 20.3 Å². The van der Waals surface area contributed by atoms with Gasteiger partial charge < -0.3 is 4.52 Å². The maximum absolute atomic E-state index is 5.32. The molecule has 0 saturated carbocycles. The summed E-state index contributed by atoms with van der Waals surface area (Å²) in [5.41, 5.74) is -1.66. The Hall–Kier alpha value is 0.960. The van der Waals surface area contributed by atoms with Gasteiger partial charge in [-0.05, 0) is 6.42 Å². The first kappa shape index (κ1) is 9.96. The van der Waals surface area contributed by atoms with Gasteiger partial charge in [-0.1, -0.05) is 25.7 Å². The SMILES string of the molecule is CCCOP(=S)(S)CC. The molecule has 0 bridgehead atoms. The van der Waals surface area contributed by atoms with E-state index in [4.69, 9.17) is 16.3 Å². The van der Waals surface area contributed by atoms with Gasteiger partial charge in [0.25, 0.3) is 0 Å². The van der Waals surface area contributed by atoms with E-state index < -0.39 is 5.47 Å². The second-order valence-electron chi connectivity index (χ2n) is 1.79. The Morgan fingerprint density at radius 3 is 2.44 bits per heavy atom. The molecule has 0 fully saturated rings. The summed E-state index contributed by atoms with van der Waals surface area (Å²) in [5, 5.41) is 0. The van der Waals surface area contributed by atoms with Crippen molar-refractivity contribution in [1.29, 1.82) is 0 Å². The second kappa shape index (κ2) is 4.73. The molecule has 56 valence electrons. The van der Waals surface area contributed by atoms with Crippen LogP contribution in [0.2, 0.25) is 0 Å². The van der Waals surface area contributed by atoms with E-state index in [1.54, 1.807) is 0 Å². The van der Waals surface area contributed by atoms with Crippen LogP contribution in [0.25, 0.3) is 0 Å². The van der Waals surface area contributed by atoms with Crippen LogP contribution in [0.15, 0.2) is 0 Å². The normalized spacial score (nSPS) is 17.2. The zero-order valence-corrected chi connectivity index (χ0v) is 8.44. The highest BCUT2D eigenvalue weighted by Crippen LogP contribution is 2.51. The molecule has 0 saturated heterocycles. The molecule has 1 atom stereocenters. The standard InChI is InChI=1S/C5H13OPS2/c1-3-5-6-7(8,9)4-2/h3-5H2,1-2H3,(H,8,9). The fourth-order valence-electron chi connectivity index (χ4n) is 0.325. The van der Waals surface area contributed by atoms with E-state index in [0.29, 0.717) is 0 Å². The Morgan fingerprint density at radius 2 is 2.11 bits per heavy atom. The van der Waals surface area contributed by atoms with Gasteiger partial charge in [0.15, 0.2) is 0 Å². The van der Waals surface area contributed by atoms with Crippen molar-refractivity contribution < 1.29 is 4.52 Å². The van der Waals surface area contributed by atoms with Crippen LogP contribution in [-0.2, 0) is 16.3 Å². The van der Waals surface area contributed by atoms with E-state index in [9.17, 15) is 0 Å². The van der Waals surface area contributed by atoms with Gasteiger partial charge in [-0.3, -0.25) is 0 Å². The Kier molecular flexibility index (Phi) is 5.23. The van der Waals surface area contributed by atoms with Crippen molar-refractivity contribution in [2.24, 2.45) is 0 Å². The molecule has 0 aliphatic heterocycles. The molecule has 0 aromatic carbocycles. The van der Waals surface area contributed by atoms with Crippen LogP contribution in [0, 0.1) is 0 Å². The zero-order chi connectivity index (χ0) is 7.33. The van der Waals surface area contributed by atoms with Gasteiger partial charge in [-0.25, -0.2) is 0 Å². The molecule has 0 aromatic heterocycles. The molecular formula is C5H13OPS2. The summed E-state index contributed by atoms with van der Waals surface area (Å²) >= 11 is 9.29. The average Bonchev–Trinajstić information content (AvgIpc) is 1.84. The Labute approximate surface area is 67.4 Å². The van der Waals surface area contributed by atoms with Crippen molar-refractivity contribution in [3.05, 3.63) is 0 Å². The first-order valence-corrected chi connectivity index (χ1v) is 7.14. The highest BCUT2D eigenvalue weighted by Gasteiger charge is 2.06. The number of rotatable bonds is 4. The molecule has 4 heteroatoms. The Balaban J connectivity index is 3.46. The molecule has 0 N–H and O–H groups in total. The van der Waals surface area contributed by atoms with E-state index >= 15 is 0 Å². The van der Waals surface area contributed by atoms with E-state index in [-0.39, 0.29) is 0 Å². The molecule has 0 heterocycles. The third-order valence-electron chi connectivity index (χ3n) is 0.897. The maximum Gasteiger partial charge on any atom is 0.116 e. The molecule has 0 rings (SSSR count). The first-order valence-electron chi connectivity index (χ1n) is 3.08. The summed E-state index contributed by atoms with van der Waals surface area (Å²) in [6.07, 6.45) is 1.91. The lowest BCUT2D eigenvalue weighted by atomic mass is 10.5. The predicted octanol–water partition coefficient (Wildman–Crippen LogP) is 2.67. The molecule has 0 amide bonds. The molecule has 0 aromatic rings. The minimum Gasteiger partial charge on any atom is -0.342 e. The lowest BCUT2D eigenvalue weighted by Gasteiger charge is -2.12. The summed E-state index contributed by atoms with van der Waals surface area (Å²) in [5.74, 6) is 0. The first-order chi connectivity index (χ1) is 4.12. The van der Waals surface area contributed by atoms with E-state index in [0.717, 1.165) is 19.2 Å². The van der Waals surface area contributed by atoms with Crippen LogP contribution < -0.4 is 0 Å². The highest BCUT2D eigenvalue weighted by atomic mass is 32.9. The maximum atomic E-state index is 5.32. The van der Waals surface area contributed by atoms with Crippen molar-refractivity contribution in [2.75, 3.05) is 12.8 Å². The molecule has 0 spiro atoms. The Morgan fingerprint density at radius 1 is 1.56 bits per heavy atom. The van der Waals surface area contributed by atoms with Gasteiger partial charge in [0, 0.05) is 6.16 Å². The van der Waals surface area contributed by atoms with Crippen molar-refractivity contribution in [3.63, 3.8) is 0 Å². The zero-order valence-electron chi connectivity index (χ0n) is 5.83. The lowest BCUT2D eigenvalue weighted by molar-refractivity contribution is 0.358.